The fourth-order valence-electron chi connectivity index (χ4n) is 1.75. The summed E-state index contributed by atoms with van der Waals surface area (Å²) in [5.74, 6) is -0.704. The highest BCUT2D eigenvalue weighted by molar-refractivity contribution is 9.10. The van der Waals surface area contributed by atoms with Crippen molar-refractivity contribution >= 4 is 33.3 Å². The van der Waals surface area contributed by atoms with Crippen LogP contribution in [0.3, 0.4) is 0 Å². The monoisotopic (exact) mass is 330 g/mol. The highest BCUT2D eigenvalue weighted by Gasteiger charge is 2.21. The van der Waals surface area contributed by atoms with Crippen molar-refractivity contribution in [2.24, 2.45) is 5.92 Å². The molecule has 0 N–H and O–H groups in total. The highest BCUT2D eigenvalue weighted by atomic mass is 79.9. The maximum Gasteiger partial charge on any atom is 0.310 e. The van der Waals surface area contributed by atoms with E-state index in [9.17, 15) is 14.9 Å². The van der Waals surface area contributed by atoms with Crippen LogP contribution in [0.2, 0.25) is 0 Å². The standard InChI is InChI=1S/C12H15BrN2O4/c1-8(12(16)19-3)7-14(2)10-5-4-9(13)6-11(10)15(17)18/h4-6,8H,7H2,1-3H3. The van der Waals surface area contributed by atoms with Gasteiger partial charge in [-0.3, -0.25) is 14.9 Å². The molecule has 19 heavy (non-hydrogen) atoms. The molecule has 0 aliphatic rings. The first kappa shape index (κ1) is 15.4. The van der Waals surface area contributed by atoms with Crippen LogP contribution in [0.1, 0.15) is 6.92 Å². The van der Waals surface area contributed by atoms with Gasteiger partial charge in [0.15, 0.2) is 0 Å². The van der Waals surface area contributed by atoms with E-state index < -0.39 is 4.92 Å². The van der Waals surface area contributed by atoms with Gasteiger partial charge in [-0.1, -0.05) is 22.9 Å². The molecule has 0 saturated carbocycles. The van der Waals surface area contributed by atoms with E-state index in [1.165, 1.54) is 13.2 Å². The molecular weight excluding hydrogens is 316 g/mol. The molecule has 0 bridgehead atoms. The maximum absolute atomic E-state index is 11.4. The van der Waals surface area contributed by atoms with Gasteiger partial charge in [-0.15, -0.1) is 0 Å². The lowest BCUT2D eigenvalue weighted by atomic mass is 10.1. The van der Waals surface area contributed by atoms with Gasteiger partial charge in [0, 0.05) is 24.1 Å². The Kier molecular flexibility index (Phi) is 5.29. The third-order valence-corrected chi connectivity index (χ3v) is 3.19. The van der Waals surface area contributed by atoms with Gasteiger partial charge >= 0.3 is 5.97 Å². The molecule has 1 aromatic carbocycles. The van der Waals surface area contributed by atoms with E-state index in [2.05, 4.69) is 20.7 Å². The van der Waals surface area contributed by atoms with E-state index in [0.29, 0.717) is 16.7 Å². The number of nitro groups is 1. The molecule has 104 valence electrons. The number of esters is 1. The molecule has 0 aliphatic heterocycles. The predicted molar refractivity (Wildman–Crippen MR) is 75.2 cm³/mol. The first-order valence-electron chi connectivity index (χ1n) is 5.59. The number of nitro benzene ring substituents is 1. The molecule has 1 rings (SSSR count). The van der Waals surface area contributed by atoms with Gasteiger partial charge in [-0.25, -0.2) is 0 Å². The molecule has 0 radical (unpaired) electrons. The zero-order chi connectivity index (χ0) is 14.6. The van der Waals surface area contributed by atoms with Crippen molar-refractivity contribution in [3.8, 4) is 0 Å². The molecule has 0 amide bonds. The van der Waals surface area contributed by atoms with Crippen LogP contribution in [0.4, 0.5) is 11.4 Å². The Morgan fingerprint density at radius 2 is 2.21 bits per heavy atom. The molecular formula is C12H15BrN2O4. The van der Waals surface area contributed by atoms with Gasteiger partial charge in [0.05, 0.1) is 18.0 Å². The smallest absolute Gasteiger partial charge is 0.310 e. The third kappa shape index (κ3) is 3.92. The van der Waals surface area contributed by atoms with Crippen LogP contribution in [0.15, 0.2) is 22.7 Å². The fourth-order valence-corrected chi connectivity index (χ4v) is 2.10. The fraction of sp³-hybridized carbons (Fsp3) is 0.417. The van der Waals surface area contributed by atoms with E-state index in [1.54, 1.807) is 31.0 Å². The van der Waals surface area contributed by atoms with Crippen molar-refractivity contribution in [2.75, 3.05) is 25.6 Å². The molecule has 0 saturated heterocycles. The predicted octanol–water partition coefficient (Wildman–Crippen LogP) is 2.60. The van der Waals surface area contributed by atoms with Crippen molar-refractivity contribution in [1.29, 1.82) is 0 Å². The highest BCUT2D eigenvalue weighted by Crippen LogP contribution is 2.30. The summed E-state index contributed by atoms with van der Waals surface area (Å²) in [6.45, 7) is 2.06. The van der Waals surface area contributed by atoms with Gasteiger partial charge in [0.25, 0.3) is 5.69 Å². The second-order valence-corrected chi connectivity index (χ2v) is 5.11. The Balaban J connectivity index is 2.96. The van der Waals surface area contributed by atoms with E-state index >= 15 is 0 Å². The lowest BCUT2D eigenvalue weighted by Gasteiger charge is -2.22. The number of carbonyl (C=O) groups is 1. The minimum absolute atomic E-state index is 0.00561. The Morgan fingerprint density at radius 1 is 1.58 bits per heavy atom. The molecule has 0 heterocycles. The summed E-state index contributed by atoms with van der Waals surface area (Å²) in [6, 6.07) is 4.81. The van der Waals surface area contributed by atoms with Crippen molar-refractivity contribution < 1.29 is 14.5 Å². The lowest BCUT2D eigenvalue weighted by Crippen LogP contribution is -2.29. The number of anilines is 1. The number of benzene rings is 1. The average Bonchev–Trinajstić information content (AvgIpc) is 2.37. The van der Waals surface area contributed by atoms with Crippen molar-refractivity contribution in [3.05, 3.63) is 32.8 Å². The second kappa shape index (κ2) is 6.51. The Hall–Kier alpha value is -1.63. The van der Waals surface area contributed by atoms with Gasteiger partial charge in [0.1, 0.15) is 5.69 Å². The van der Waals surface area contributed by atoms with Gasteiger partial charge < -0.3 is 9.64 Å². The van der Waals surface area contributed by atoms with Crippen molar-refractivity contribution in [1.82, 2.24) is 0 Å². The molecule has 0 aromatic heterocycles. The molecule has 7 heteroatoms. The Morgan fingerprint density at radius 3 is 2.74 bits per heavy atom. The summed E-state index contributed by atoms with van der Waals surface area (Å²) >= 11 is 3.20. The molecule has 0 fully saturated rings. The number of methoxy groups -OCH3 is 1. The molecule has 0 aliphatic carbocycles. The number of rotatable bonds is 5. The maximum atomic E-state index is 11.4. The first-order chi connectivity index (χ1) is 8.86. The summed E-state index contributed by atoms with van der Waals surface area (Å²) in [4.78, 5) is 23.6. The topological polar surface area (TPSA) is 72.7 Å². The third-order valence-electron chi connectivity index (χ3n) is 2.70. The molecule has 6 nitrogen and oxygen atoms in total. The number of hydrogen-bond acceptors (Lipinski definition) is 5. The van der Waals surface area contributed by atoms with Crippen LogP contribution in [-0.2, 0) is 9.53 Å². The summed E-state index contributed by atoms with van der Waals surface area (Å²) in [5, 5.41) is 11.0. The van der Waals surface area contributed by atoms with Crippen molar-refractivity contribution in [3.63, 3.8) is 0 Å². The second-order valence-electron chi connectivity index (χ2n) is 4.19. The van der Waals surface area contributed by atoms with Crippen LogP contribution in [0.5, 0.6) is 0 Å². The average molecular weight is 331 g/mol. The minimum atomic E-state index is -0.445. The molecule has 0 spiro atoms. The summed E-state index contributed by atoms with van der Waals surface area (Å²) < 4.78 is 5.28. The van der Waals surface area contributed by atoms with Crippen LogP contribution in [0.25, 0.3) is 0 Å². The van der Waals surface area contributed by atoms with Gasteiger partial charge in [-0.2, -0.15) is 0 Å². The number of nitrogens with zero attached hydrogens (tertiary/aromatic N) is 2. The summed E-state index contributed by atoms with van der Waals surface area (Å²) in [7, 11) is 3.02. The molecule has 1 aromatic rings. The van der Waals surface area contributed by atoms with Crippen molar-refractivity contribution in [2.45, 2.75) is 6.92 Å². The van der Waals surface area contributed by atoms with E-state index in [1.807, 2.05) is 0 Å². The van der Waals surface area contributed by atoms with Gasteiger partial charge in [-0.05, 0) is 12.1 Å². The Bertz CT molecular complexity index is 493. The summed E-state index contributed by atoms with van der Waals surface area (Å²) in [6.07, 6.45) is 0. The Labute approximate surface area is 119 Å². The SMILES string of the molecule is COC(=O)C(C)CN(C)c1ccc(Br)cc1[N+](=O)[O-]. The largest absolute Gasteiger partial charge is 0.469 e. The zero-order valence-corrected chi connectivity index (χ0v) is 12.5. The first-order valence-corrected chi connectivity index (χ1v) is 6.39. The van der Waals surface area contributed by atoms with Crippen LogP contribution >= 0.6 is 15.9 Å². The quantitative estimate of drug-likeness (QED) is 0.471. The number of halogens is 1. The van der Waals surface area contributed by atoms with Gasteiger partial charge in [0.2, 0.25) is 0 Å². The lowest BCUT2D eigenvalue weighted by molar-refractivity contribution is -0.384. The minimum Gasteiger partial charge on any atom is -0.469 e. The van der Waals surface area contributed by atoms with E-state index in [-0.39, 0.29) is 17.6 Å². The number of hydrogen-bond donors (Lipinski definition) is 0. The van der Waals surface area contributed by atoms with E-state index in [4.69, 9.17) is 0 Å². The van der Waals surface area contributed by atoms with Crippen LogP contribution < -0.4 is 4.90 Å². The normalized spacial score (nSPS) is 11.8. The number of ether oxygens (including phenoxy) is 1. The number of carbonyl (C=O) groups excluding carboxylic acids is 1. The summed E-state index contributed by atoms with van der Waals surface area (Å²) in [5.41, 5.74) is 0.456. The zero-order valence-electron chi connectivity index (χ0n) is 10.9. The molecule has 1 atom stereocenters. The molecule has 1 unspecified atom stereocenters. The van der Waals surface area contributed by atoms with Crippen LogP contribution in [-0.4, -0.2) is 31.6 Å². The van der Waals surface area contributed by atoms with Crippen LogP contribution in [0, 0.1) is 16.0 Å². The van der Waals surface area contributed by atoms with E-state index in [0.717, 1.165) is 0 Å².